The summed E-state index contributed by atoms with van der Waals surface area (Å²) < 4.78 is 14.3. The lowest BCUT2D eigenvalue weighted by atomic mass is 9.87. The monoisotopic (exact) mass is 353 g/mol. The zero-order valence-corrected chi connectivity index (χ0v) is 14.9. The SMILES string of the molecule is CON1CCC(C#N)(N(C)C(=O)Cc2c(Cl)ccc(C)c2F)CC1. The van der Waals surface area contributed by atoms with Gasteiger partial charge in [0.2, 0.25) is 5.91 Å². The number of hydroxylamine groups is 2. The minimum atomic E-state index is -0.904. The number of carbonyl (C=O) groups excluding carboxylic acids is 1. The first-order valence-corrected chi connectivity index (χ1v) is 8.13. The summed E-state index contributed by atoms with van der Waals surface area (Å²) >= 11 is 6.04. The van der Waals surface area contributed by atoms with Gasteiger partial charge in [0, 0.05) is 30.7 Å². The van der Waals surface area contributed by atoms with Gasteiger partial charge in [0.1, 0.15) is 11.4 Å². The van der Waals surface area contributed by atoms with Crippen molar-refractivity contribution in [2.24, 2.45) is 0 Å². The minimum Gasteiger partial charge on any atom is -0.327 e. The smallest absolute Gasteiger partial charge is 0.228 e. The Hall–Kier alpha value is -1.68. The number of hydrogen-bond donors (Lipinski definition) is 0. The second kappa shape index (κ2) is 7.47. The molecular weight excluding hydrogens is 333 g/mol. The van der Waals surface area contributed by atoms with Crippen LogP contribution in [0, 0.1) is 24.1 Å². The first kappa shape index (κ1) is 18.7. The molecule has 2 rings (SSSR count). The molecule has 0 aliphatic carbocycles. The van der Waals surface area contributed by atoms with Gasteiger partial charge in [-0.25, -0.2) is 4.39 Å². The molecule has 1 amide bonds. The Bertz CT molecular complexity index is 667. The highest BCUT2D eigenvalue weighted by molar-refractivity contribution is 6.31. The molecule has 0 atom stereocenters. The number of hydrogen-bond acceptors (Lipinski definition) is 4. The van der Waals surface area contributed by atoms with Crippen molar-refractivity contribution < 1.29 is 14.0 Å². The van der Waals surface area contributed by atoms with E-state index in [0.29, 0.717) is 31.5 Å². The third-order valence-corrected chi connectivity index (χ3v) is 5.09. The van der Waals surface area contributed by atoms with Crippen LogP contribution in [0.5, 0.6) is 0 Å². The van der Waals surface area contributed by atoms with E-state index in [4.69, 9.17) is 16.4 Å². The first-order valence-electron chi connectivity index (χ1n) is 7.75. The summed E-state index contributed by atoms with van der Waals surface area (Å²) in [5, 5.41) is 11.6. The fourth-order valence-electron chi connectivity index (χ4n) is 2.95. The lowest BCUT2D eigenvalue weighted by molar-refractivity contribution is -0.161. The van der Waals surface area contributed by atoms with E-state index >= 15 is 0 Å². The highest BCUT2D eigenvalue weighted by Crippen LogP contribution is 2.29. The summed E-state index contributed by atoms with van der Waals surface area (Å²) in [6.45, 7) is 2.74. The van der Waals surface area contributed by atoms with Crippen molar-refractivity contribution in [3.05, 3.63) is 34.1 Å². The van der Waals surface area contributed by atoms with Crippen molar-refractivity contribution in [1.82, 2.24) is 9.96 Å². The van der Waals surface area contributed by atoms with Crippen LogP contribution in [0.1, 0.15) is 24.0 Å². The molecule has 130 valence electrons. The molecule has 1 heterocycles. The molecule has 7 heteroatoms. The molecule has 1 aromatic carbocycles. The molecule has 0 spiro atoms. The second-order valence-electron chi connectivity index (χ2n) is 6.04. The molecule has 1 aliphatic rings. The quantitative estimate of drug-likeness (QED) is 0.835. The lowest BCUT2D eigenvalue weighted by Gasteiger charge is -2.42. The van der Waals surface area contributed by atoms with E-state index in [1.54, 1.807) is 38.3 Å². The molecule has 0 unspecified atom stereocenters. The van der Waals surface area contributed by atoms with Crippen molar-refractivity contribution in [1.29, 1.82) is 5.26 Å². The number of rotatable bonds is 4. The third-order valence-electron chi connectivity index (χ3n) is 4.74. The van der Waals surface area contributed by atoms with Crippen LogP contribution in [0.15, 0.2) is 12.1 Å². The Morgan fingerprint density at radius 3 is 2.67 bits per heavy atom. The largest absolute Gasteiger partial charge is 0.327 e. The highest BCUT2D eigenvalue weighted by atomic mass is 35.5. The molecule has 0 N–H and O–H groups in total. The molecule has 1 fully saturated rings. The number of benzene rings is 1. The van der Waals surface area contributed by atoms with Gasteiger partial charge in [0.15, 0.2) is 0 Å². The Morgan fingerprint density at radius 1 is 1.50 bits per heavy atom. The van der Waals surface area contributed by atoms with Crippen LogP contribution in [-0.4, -0.2) is 48.7 Å². The molecule has 0 radical (unpaired) electrons. The average Bonchev–Trinajstić information content (AvgIpc) is 2.61. The topological polar surface area (TPSA) is 56.6 Å². The van der Waals surface area contributed by atoms with Gasteiger partial charge >= 0.3 is 0 Å². The Morgan fingerprint density at radius 2 is 2.12 bits per heavy atom. The molecule has 0 bridgehead atoms. The van der Waals surface area contributed by atoms with Gasteiger partial charge in [-0.1, -0.05) is 17.7 Å². The predicted molar refractivity (Wildman–Crippen MR) is 88.8 cm³/mol. The number of piperidine rings is 1. The number of amides is 1. The van der Waals surface area contributed by atoms with Crippen LogP contribution in [0.25, 0.3) is 0 Å². The molecule has 0 saturated carbocycles. The number of nitrogens with zero attached hydrogens (tertiary/aromatic N) is 3. The molecule has 0 aromatic heterocycles. The molecular formula is C17H21ClFN3O2. The highest BCUT2D eigenvalue weighted by Gasteiger charge is 2.41. The number of aryl methyl sites for hydroxylation is 1. The minimum absolute atomic E-state index is 0.166. The number of nitriles is 1. The fraction of sp³-hybridized carbons (Fsp3) is 0.529. The van der Waals surface area contributed by atoms with Crippen molar-refractivity contribution in [3.63, 3.8) is 0 Å². The van der Waals surface area contributed by atoms with Crippen LogP contribution < -0.4 is 0 Å². The van der Waals surface area contributed by atoms with Gasteiger partial charge in [0.05, 0.1) is 19.6 Å². The van der Waals surface area contributed by atoms with Crippen molar-refractivity contribution in [2.75, 3.05) is 27.2 Å². The van der Waals surface area contributed by atoms with Crippen LogP contribution in [-0.2, 0) is 16.1 Å². The standard InChI is InChI=1S/C17H21ClFN3O2/c1-12-4-5-14(18)13(16(12)19)10-15(23)21(2)17(11-20)6-8-22(24-3)9-7-17/h4-5H,6-10H2,1-3H3. The summed E-state index contributed by atoms with van der Waals surface area (Å²) in [6, 6.07) is 5.42. The zero-order chi connectivity index (χ0) is 17.9. The van der Waals surface area contributed by atoms with Gasteiger partial charge in [-0.05, 0) is 31.4 Å². The summed E-state index contributed by atoms with van der Waals surface area (Å²) in [6.07, 6.45) is 0.785. The molecule has 1 saturated heterocycles. The Balaban J connectivity index is 2.18. The molecule has 5 nitrogen and oxygen atoms in total. The molecule has 24 heavy (non-hydrogen) atoms. The van der Waals surface area contributed by atoms with E-state index in [-0.39, 0.29) is 22.9 Å². The maximum atomic E-state index is 14.3. The van der Waals surface area contributed by atoms with Gasteiger partial charge in [0.25, 0.3) is 0 Å². The summed E-state index contributed by atoms with van der Waals surface area (Å²) in [5.41, 5.74) is -0.289. The van der Waals surface area contributed by atoms with Crippen LogP contribution in [0.3, 0.4) is 0 Å². The van der Waals surface area contributed by atoms with E-state index < -0.39 is 11.4 Å². The van der Waals surface area contributed by atoms with Gasteiger partial charge in [-0.2, -0.15) is 10.3 Å². The van der Waals surface area contributed by atoms with E-state index in [1.807, 2.05) is 0 Å². The second-order valence-corrected chi connectivity index (χ2v) is 6.45. The predicted octanol–water partition coefficient (Wildman–Crippen LogP) is 2.71. The van der Waals surface area contributed by atoms with E-state index in [1.165, 1.54) is 4.90 Å². The maximum absolute atomic E-state index is 14.3. The van der Waals surface area contributed by atoms with Gasteiger partial charge in [-0.15, -0.1) is 0 Å². The normalized spacial score (nSPS) is 17.3. The third kappa shape index (κ3) is 3.54. The average molecular weight is 354 g/mol. The number of likely N-dealkylation sites (N-methyl/N-ethyl adjacent to an activating group) is 1. The van der Waals surface area contributed by atoms with Crippen molar-refractivity contribution in [2.45, 2.75) is 31.7 Å². The first-order chi connectivity index (χ1) is 11.3. The zero-order valence-electron chi connectivity index (χ0n) is 14.1. The van der Waals surface area contributed by atoms with E-state index in [2.05, 4.69) is 6.07 Å². The van der Waals surface area contributed by atoms with Gasteiger partial charge < -0.3 is 9.74 Å². The number of carbonyl (C=O) groups is 1. The van der Waals surface area contributed by atoms with Crippen molar-refractivity contribution >= 4 is 17.5 Å². The summed E-state index contributed by atoms with van der Waals surface area (Å²) in [4.78, 5) is 19.2. The number of halogens is 2. The molecule has 1 aromatic rings. The summed E-state index contributed by atoms with van der Waals surface area (Å²) in [5.74, 6) is -0.793. The van der Waals surface area contributed by atoms with Crippen LogP contribution in [0.2, 0.25) is 5.02 Å². The summed E-state index contributed by atoms with van der Waals surface area (Å²) in [7, 11) is 3.17. The van der Waals surface area contributed by atoms with Crippen molar-refractivity contribution in [3.8, 4) is 6.07 Å². The molecule has 1 aliphatic heterocycles. The lowest BCUT2D eigenvalue weighted by Crippen LogP contribution is -2.55. The van der Waals surface area contributed by atoms with Crippen LogP contribution in [0.4, 0.5) is 4.39 Å². The van der Waals surface area contributed by atoms with Crippen LogP contribution >= 0.6 is 11.6 Å². The maximum Gasteiger partial charge on any atom is 0.228 e. The van der Waals surface area contributed by atoms with Gasteiger partial charge in [-0.3, -0.25) is 4.79 Å². The Kier molecular flexibility index (Phi) is 5.81. The van der Waals surface area contributed by atoms with E-state index in [9.17, 15) is 14.4 Å². The van der Waals surface area contributed by atoms with E-state index in [0.717, 1.165) is 0 Å². The fourth-order valence-corrected chi connectivity index (χ4v) is 3.16. The Labute approximate surface area is 146 Å².